The number of benzene rings is 2. The van der Waals surface area contributed by atoms with Crippen LogP contribution in [0.3, 0.4) is 0 Å². The third-order valence-electron chi connectivity index (χ3n) is 5.13. The van der Waals surface area contributed by atoms with E-state index in [0.717, 1.165) is 12.8 Å². The van der Waals surface area contributed by atoms with Gasteiger partial charge in [0.15, 0.2) is 0 Å². The number of aryl methyl sites for hydroxylation is 2. The van der Waals surface area contributed by atoms with E-state index >= 15 is 0 Å². The minimum Gasteiger partial charge on any atom is -0.376 e. The predicted molar refractivity (Wildman–Crippen MR) is 108 cm³/mol. The SMILES string of the molecule is Cc1ccc(C(C)CC(C)OC(C)CC(C)c2ccc(C)cc2)cc1. The van der Waals surface area contributed by atoms with Crippen LogP contribution in [0.2, 0.25) is 0 Å². The largest absolute Gasteiger partial charge is 0.376 e. The first-order valence-corrected chi connectivity index (χ1v) is 9.63. The third kappa shape index (κ3) is 6.32. The number of hydrogen-bond acceptors (Lipinski definition) is 1. The minimum absolute atomic E-state index is 0.275. The van der Waals surface area contributed by atoms with E-state index in [2.05, 4.69) is 90.1 Å². The molecule has 0 fully saturated rings. The number of hydrogen-bond donors (Lipinski definition) is 0. The second-order valence-corrected chi connectivity index (χ2v) is 7.85. The van der Waals surface area contributed by atoms with E-state index in [-0.39, 0.29) is 12.2 Å². The van der Waals surface area contributed by atoms with Crippen molar-refractivity contribution in [2.75, 3.05) is 0 Å². The highest BCUT2D eigenvalue weighted by Crippen LogP contribution is 2.26. The maximum atomic E-state index is 6.28. The first kappa shape index (κ1) is 19.7. The fourth-order valence-electron chi connectivity index (χ4n) is 3.57. The van der Waals surface area contributed by atoms with Gasteiger partial charge in [0.1, 0.15) is 0 Å². The smallest absolute Gasteiger partial charge is 0.0556 e. The molecule has 0 amide bonds. The number of ether oxygens (including phenoxy) is 1. The Hall–Kier alpha value is -1.60. The zero-order chi connectivity index (χ0) is 18.4. The normalized spacial score (nSPS) is 16.2. The topological polar surface area (TPSA) is 9.23 Å². The molecule has 0 saturated carbocycles. The molecule has 1 nitrogen and oxygen atoms in total. The average molecular weight is 339 g/mol. The molecule has 136 valence electrons. The van der Waals surface area contributed by atoms with Gasteiger partial charge < -0.3 is 4.74 Å². The molecule has 2 aromatic carbocycles. The summed E-state index contributed by atoms with van der Waals surface area (Å²) in [5.74, 6) is 1.05. The van der Waals surface area contributed by atoms with Gasteiger partial charge in [-0.25, -0.2) is 0 Å². The van der Waals surface area contributed by atoms with Gasteiger partial charge in [0, 0.05) is 0 Å². The predicted octanol–water partition coefficient (Wildman–Crippen LogP) is 6.78. The summed E-state index contributed by atoms with van der Waals surface area (Å²) < 4.78 is 6.28. The molecule has 25 heavy (non-hydrogen) atoms. The highest BCUT2D eigenvalue weighted by molar-refractivity contribution is 5.25. The quantitative estimate of drug-likeness (QED) is 0.515. The van der Waals surface area contributed by atoms with Gasteiger partial charge in [-0.05, 0) is 63.5 Å². The van der Waals surface area contributed by atoms with Crippen molar-refractivity contribution in [2.24, 2.45) is 0 Å². The maximum absolute atomic E-state index is 6.28. The zero-order valence-corrected chi connectivity index (χ0v) is 16.8. The van der Waals surface area contributed by atoms with E-state index in [1.807, 2.05) is 0 Å². The van der Waals surface area contributed by atoms with Gasteiger partial charge in [-0.3, -0.25) is 0 Å². The van der Waals surface area contributed by atoms with Gasteiger partial charge in [-0.1, -0.05) is 73.5 Å². The molecule has 2 aromatic rings. The van der Waals surface area contributed by atoms with Crippen LogP contribution >= 0.6 is 0 Å². The second kappa shape index (κ2) is 9.20. The monoisotopic (exact) mass is 338 g/mol. The van der Waals surface area contributed by atoms with E-state index in [1.165, 1.54) is 22.3 Å². The Morgan fingerprint density at radius 1 is 0.600 bits per heavy atom. The summed E-state index contributed by atoms with van der Waals surface area (Å²) in [5.41, 5.74) is 5.45. The fraction of sp³-hybridized carbons (Fsp3) is 0.500. The Kier molecular flexibility index (Phi) is 7.25. The first-order valence-electron chi connectivity index (χ1n) is 9.63. The van der Waals surface area contributed by atoms with Crippen LogP contribution in [-0.4, -0.2) is 12.2 Å². The fourth-order valence-corrected chi connectivity index (χ4v) is 3.57. The summed E-state index contributed by atoms with van der Waals surface area (Å²) in [7, 11) is 0. The van der Waals surface area contributed by atoms with Crippen LogP contribution in [-0.2, 0) is 4.74 Å². The summed E-state index contributed by atoms with van der Waals surface area (Å²) in [6.07, 6.45) is 2.67. The molecule has 0 spiro atoms. The molecular formula is C24H34O. The van der Waals surface area contributed by atoms with Crippen LogP contribution in [0, 0.1) is 13.8 Å². The van der Waals surface area contributed by atoms with Crippen LogP contribution in [0.1, 0.15) is 74.6 Å². The van der Waals surface area contributed by atoms with Crippen molar-refractivity contribution in [1.82, 2.24) is 0 Å². The average Bonchev–Trinajstić information content (AvgIpc) is 2.55. The van der Waals surface area contributed by atoms with Gasteiger partial charge >= 0.3 is 0 Å². The molecule has 2 rings (SSSR count). The lowest BCUT2D eigenvalue weighted by molar-refractivity contribution is -0.00534. The lowest BCUT2D eigenvalue weighted by atomic mass is 9.93. The van der Waals surface area contributed by atoms with Crippen molar-refractivity contribution in [3.8, 4) is 0 Å². The minimum atomic E-state index is 0.275. The Morgan fingerprint density at radius 3 is 1.24 bits per heavy atom. The van der Waals surface area contributed by atoms with Crippen molar-refractivity contribution < 1.29 is 4.74 Å². The van der Waals surface area contributed by atoms with Crippen LogP contribution in [0.4, 0.5) is 0 Å². The van der Waals surface area contributed by atoms with E-state index < -0.39 is 0 Å². The molecule has 0 aliphatic heterocycles. The van der Waals surface area contributed by atoms with Crippen molar-refractivity contribution in [3.63, 3.8) is 0 Å². The second-order valence-electron chi connectivity index (χ2n) is 7.85. The van der Waals surface area contributed by atoms with Gasteiger partial charge in [-0.15, -0.1) is 0 Å². The lowest BCUT2D eigenvalue weighted by Gasteiger charge is -2.24. The Balaban J connectivity index is 1.81. The molecule has 0 aliphatic carbocycles. The standard InChI is InChI=1S/C24H34O/c1-17-7-11-23(12-8-17)19(3)15-21(5)25-22(6)16-20(4)24-13-9-18(2)10-14-24/h7-14,19-22H,15-16H2,1-6H3. The lowest BCUT2D eigenvalue weighted by Crippen LogP contribution is -2.20. The molecule has 1 heteroatoms. The highest BCUT2D eigenvalue weighted by atomic mass is 16.5. The van der Waals surface area contributed by atoms with E-state index in [9.17, 15) is 0 Å². The van der Waals surface area contributed by atoms with Crippen LogP contribution in [0.5, 0.6) is 0 Å². The molecule has 4 unspecified atom stereocenters. The van der Waals surface area contributed by atoms with Gasteiger partial charge in [0.05, 0.1) is 12.2 Å². The Labute approximate surface area is 154 Å². The first-order chi connectivity index (χ1) is 11.8. The van der Waals surface area contributed by atoms with Crippen LogP contribution < -0.4 is 0 Å². The third-order valence-corrected chi connectivity index (χ3v) is 5.13. The Bertz CT molecular complexity index is 569. The van der Waals surface area contributed by atoms with Crippen molar-refractivity contribution in [1.29, 1.82) is 0 Å². The molecule has 4 atom stereocenters. The molecule has 0 saturated heterocycles. The van der Waals surface area contributed by atoms with E-state index in [0.29, 0.717) is 11.8 Å². The van der Waals surface area contributed by atoms with Gasteiger partial charge in [-0.2, -0.15) is 0 Å². The molecule has 0 radical (unpaired) electrons. The summed E-state index contributed by atoms with van der Waals surface area (Å²) in [6.45, 7) is 13.3. The van der Waals surface area contributed by atoms with Crippen LogP contribution in [0.15, 0.2) is 48.5 Å². The number of rotatable bonds is 8. The summed E-state index contributed by atoms with van der Waals surface area (Å²) in [6, 6.07) is 17.8. The van der Waals surface area contributed by atoms with Crippen LogP contribution in [0.25, 0.3) is 0 Å². The van der Waals surface area contributed by atoms with Gasteiger partial charge in [0.2, 0.25) is 0 Å². The molecular weight excluding hydrogens is 304 g/mol. The molecule has 0 N–H and O–H groups in total. The Morgan fingerprint density at radius 2 is 0.920 bits per heavy atom. The van der Waals surface area contributed by atoms with E-state index in [4.69, 9.17) is 4.74 Å². The molecule has 0 heterocycles. The van der Waals surface area contributed by atoms with Crippen molar-refractivity contribution in [3.05, 3.63) is 70.8 Å². The highest BCUT2D eigenvalue weighted by Gasteiger charge is 2.16. The molecule has 0 bridgehead atoms. The summed E-state index contributed by atoms with van der Waals surface area (Å²) in [5, 5.41) is 0. The van der Waals surface area contributed by atoms with Crippen molar-refractivity contribution >= 4 is 0 Å². The summed E-state index contributed by atoms with van der Waals surface area (Å²) >= 11 is 0. The zero-order valence-electron chi connectivity index (χ0n) is 16.8. The van der Waals surface area contributed by atoms with E-state index in [1.54, 1.807) is 0 Å². The van der Waals surface area contributed by atoms with Crippen molar-refractivity contribution in [2.45, 2.75) is 78.4 Å². The van der Waals surface area contributed by atoms with Gasteiger partial charge in [0.25, 0.3) is 0 Å². The maximum Gasteiger partial charge on any atom is 0.0556 e. The molecule has 0 aliphatic rings. The summed E-state index contributed by atoms with van der Waals surface area (Å²) in [4.78, 5) is 0. The molecule has 0 aromatic heterocycles.